The number of hydrogen-bond acceptors (Lipinski definition) is 3. The van der Waals surface area contributed by atoms with Gasteiger partial charge in [0.05, 0.1) is 16.8 Å². The van der Waals surface area contributed by atoms with Gasteiger partial charge in [-0.1, -0.05) is 36.4 Å². The van der Waals surface area contributed by atoms with Crippen LogP contribution >= 0.6 is 11.9 Å². The molecule has 0 aromatic heterocycles. The minimum absolute atomic E-state index is 1.08. The van der Waals surface area contributed by atoms with E-state index in [-0.39, 0.29) is 0 Å². The molecule has 0 fully saturated rings. The number of nitrogens with zero attached hydrogens (tertiary/aromatic N) is 2. The van der Waals surface area contributed by atoms with E-state index in [2.05, 4.69) is 40.3 Å². The van der Waals surface area contributed by atoms with E-state index in [9.17, 15) is 0 Å². The third-order valence-corrected chi connectivity index (χ3v) is 3.17. The number of benzene rings is 2. The van der Waals surface area contributed by atoms with E-state index >= 15 is 0 Å². The lowest BCUT2D eigenvalue weighted by atomic mass is 10.3. The molecule has 2 aromatic carbocycles. The second-order valence-electron chi connectivity index (χ2n) is 3.56. The molecule has 17 heavy (non-hydrogen) atoms. The van der Waals surface area contributed by atoms with Gasteiger partial charge in [0.1, 0.15) is 6.20 Å². The second kappa shape index (κ2) is 4.55. The minimum atomic E-state index is 1.08. The van der Waals surface area contributed by atoms with Gasteiger partial charge >= 0.3 is 0 Å². The molecule has 0 amide bonds. The van der Waals surface area contributed by atoms with Gasteiger partial charge in [-0.3, -0.25) is 0 Å². The van der Waals surface area contributed by atoms with E-state index < -0.39 is 0 Å². The summed E-state index contributed by atoms with van der Waals surface area (Å²) in [6, 6.07) is 20.3. The molecule has 0 unspecified atom stereocenters. The van der Waals surface area contributed by atoms with Crippen LogP contribution in [0.3, 0.4) is 0 Å². The monoisotopic (exact) mass is 238 g/mol. The topological polar surface area (TPSA) is 6.48 Å². The van der Waals surface area contributed by atoms with Crippen LogP contribution in [-0.2, 0) is 0 Å². The zero-order valence-electron chi connectivity index (χ0n) is 9.08. The molecule has 1 aliphatic rings. The van der Waals surface area contributed by atoms with Crippen molar-refractivity contribution < 1.29 is 0 Å². The maximum atomic E-state index is 3.09. The van der Waals surface area contributed by atoms with Crippen molar-refractivity contribution in [3.8, 4) is 0 Å². The fraction of sp³-hybridized carbons (Fsp3) is 0. The van der Waals surface area contributed by atoms with Crippen molar-refractivity contribution in [1.82, 2.24) is 0 Å². The first-order chi connectivity index (χ1) is 8.45. The second-order valence-corrected chi connectivity index (χ2v) is 4.29. The molecule has 0 saturated carbocycles. The van der Waals surface area contributed by atoms with Gasteiger partial charge in [0.2, 0.25) is 0 Å². The van der Waals surface area contributed by atoms with Gasteiger partial charge in [-0.05, 0) is 24.3 Å². The van der Waals surface area contributed by atoms with Crippen molar-refractivity contribution in [3.63, 3.8) is 0 Å². The van der Waals surface area contributed by atoms with Gasteiger partial charge in [-0.15, -0.1) is 0 Å². The van der Waals surface area contributed by atoms with Crippen LogP contribution in [0.25, 0.3) is 0 Å². The van der Waals surface area contributed by atoms with Crippen LogP contribution in [0, 0.1) is 11.6 Å². The first-order valence-electron chi connectivity index (χ1n) is 5.33. The molecule has 1 aliphatic heterocycles. The Morgan fingerprint density at radius 1 is 0.765 bits per heavy atom. The molecule has 0 N–H and O–H groups in total. The Hall–Kier alpha value is -1.87. The molecule has 0 saturated heterocycles. The molecule has 2 nitrogen and oxygen atoms in total. The van der Waals surface area contributed by atoms with Gasteiger partial charge in [-0.25, -0.2) is 9.42 Å². The Bertz CT molecular complexity index is 510. The Kier molecular flexibility index (Phi) is 2.76. The van der Waals surface area contributed by atoms with Crippen LogP contribution < -0.4 is 9.42 Å². The SMILES string of the molecule is [C]1=[C]N(c2ccccc2)N(c2ccccc2)S1. The molecule has 0 spiro atoms. The maximum absolute atomic E-state index is 3.09. The zero-order chi connectivity index (χ0) is 11.5. The van der Waals surface area contributed by atoms with E-state index in [1.807, 2.05) is 41.4 Å². The van der Waals surface area contributed by atoms with Crippen molar-refractivity contribution >= 4 is 23.3 Å². The third-order valence-electron chi connectivity index (χ3n) is 2.44. The summed E-state index contributed by atoms with van der Waals surface area (Å²) in [5, 5.41) is 5.00. The van der Waals surface area contributed by atoms with Gasteiger partial charge in [-0.2, -0.15) is 0 Å². The summed E-state index contributed by atoms with van der Waals surface area (Å²) in [6.45, 7) is 0. The first-order valence-corrected chi connectivity index (χ1v) is 6.10. The van der Waals surface area contributed by atoms with Gasteiger partial charge in [0.25, 0.3) is 0 Å². The molecule has 3 heteroatoms. The predicted octanol–water partition coefficient (Wildman–Crippen LogP) is 3.65. The third kappa shape index (κ3) is 2.01. The number of hydrogen-bond donors (Lipinski definition) is 0. The van der Waals surface area contributed by atoms with E-state index in [0.29, 0.717) is 0 Å². The van der Waals surface area contributed by atoms with Crippen LogP contribution in [0.2, 0.25) is 0 Å². The predicted molar refractivity (Wildman–Crippen MR) is 71.9 cm³/mol. The lowest BCUT2D eigenvalue weighted by molar-refractivity contribution is 1.06. The quantitative estimate of drug-likeness (QED) is 0.737. The molecule has 2 radical (unpaired) electrons. The summed E-state index contributed by atoms with van der Waals surface area (Å²) in [4.78, 5) is 0. The lowest BCUT2D eigenvalue weighted by Crippen LogP contribution is -2.30. The fourth-order valence-electron chi connectivity index (χ4n) is 1.66. The summed E-state index contributed by atoms with van der Waals surface area (Å²) in [6.07, 6.45) is 3.09. The Morgan fingerprint density at radius 3 is 2.00 bits per heavy atom. The normalized spacial score (nSPS) is 14.4. The molecular formula is C14H10N2S. The first kappa shape index (κ1) is 10.3. The standard InChI is InChI=1S/C14H10N2S/c1-3-7-13(8-4-1)15-11-12-17-16(15)14-9-5-2-6-10-14/h1-10H. The maximum Gasteiger partial charge on any atom is 0.108 e. The van der Waals surface area contributed by atoms with Crippen LogP contribution in [0.1, 0.15) is 0 Å². The summed E-state index contributed by atoms with van der Waals surface area (Å²) < 4.78 is 2.05. The van der Waals surface area contributed by atoms with Crippen molar-refractivity contribution in [3.05, 3.63) is 72.3 Å². The molecule has 1 heterocycles. The van der Waals surface area contributed by atoms with E-state index in [4.69, 9.17) is 0 Å². The smallest absolute Gasteiger partial charge is 0.108 e. The number of para-hydroxylation sites is 2. The van der Waals surface area contributed by atoms with Crippen LogP contribution in [0.4, 0.5) is 11.4 Å². The van der Waals surface area contributed by atoms with Crippen molar-refractivity contribution in [2.24, 2.45) is 0 Å². The Morgan fingerprint density at radius 2 is 1.35 bits per heavy atom. The van der Waals surface area contributed by atoms with Crippen molar-refractivity contribution in [2.45, 2.75) is 0 Å². The highest BCUT2D eigenvalue weighted by Gasteiger charge is 2.20. The summed E-state index contributed by atoms with van der Waals surface area (Å²) in [5.41, 5.74) is 2.19. The molecule has 2 aromatic rings. The highest BCUT2D eigenvalue weighted by atomic mass is 32.2. The molecule has 0 bridgehead atoms. The van der Waals surface area contributed by atoms with Crippen molar-refractivity contribution in [2.75, 3.05) is 9.42 Å². The summed E-state index contributed by atoms with van der Waals surface area (Å²) in [7, 11) is 0. The van der Waals surface area contributed by atoms with Gasteiger partial charge in [0, 0.05) is 11.9 Å². The Labute approximate surface area is 105 Å². The van der Waals surface area contributed by atoms with Crippen LogP contribution in [0.15, 0.2) is 60.7 Å². The van der Waals surface area contributed by atoms with E-state index in [1.165, 1.54) is 11.9 Å². The fourth-order valence-corrected chi connectivity index (χ4v) is 2.31. The van der Waals surface area contributed by atoms with Crippen LogP contribution in [0.5, 0.6) is 0 Å². The molecule has 0 atom stereocenters. The average Bonchev–Trinajstić information content (AvgIpc) is 2.90. The van der Waals surface area contributed by atoms with Gasteiger partial charge in [0.15, 0.2) is 0 Å². The molecule has 0 aliphatic carbocycles. The van der Waals surface area contributed by atoms with E-state index in [1.54, 1.807) is 0 Å². The lowest BCUT2D eigenvalue weighted by Gasteiger charge is -2.28. The number of hydrazine groups is 1. The zero-order valence-corrected chi connectivity index (χ0v) is 9.89. The average molecular weight is 238 g/mol. The largest absolute Gasteiger partial charge is 0.240 e. The highest BCUT2D eigenvalue weighted by Crippen LogP contribution is 2.32. The summed E-state index contributed by atoms with van der Waals surface area (Å²) >= 11 is 1.50. The number of anilines is 2. The van der Waals surface area contributed by atoms with E-state index in [0.717, 1.165) is 11.4 Å². The Balaban J connectivity index is 1.93. The van der Waals surface area contributed by atoms with Crippen molar-refractivity contribution in [1.29, 1.82) is 0 Å². The molecular weight excluding hydrogens is 228 g/mol. The van der Waals surface area contributed by atoms with Crippen LogP contribution in [-0.4, -0.2) is 0 Å². The van der Waals surface area contributed by atoms with Gasteiger partial charge < -0.3 is 0 Å². The number of rotatable bonds is 2. The highest BCUT2D eigenvalue weighted by molar-refractivity contribution is 8.02. The molecule has 3 rings (SSSR count). The minimum Gasteiger partial charge on any atom is -0.240 e. The summed E-state index contributed by atoms with van der Waals surface area (Å²) in [5.74, 6) is 0. The molecule has 82 valence electrons.